The zero-order valence-corrected chi connectivity index (χ0v) is 9.71. The molecule has 0 aromatic carbocycles. The number of hydrogen-bond acceptors (Lipinski definition) is 4. The molecule has 1 saturated heterocycles. The van der Waals surface area contributed by atoms with Crippen molar-refractivity contribution in [3.05, 3.63) is 30.1 Å². The van der Waals surface area contributed by atoms with E-state index in [-0.39, 0.29) is 12.0 Å². The molecule has 1 aromatic rings. The Bertz CT molecular complexity index is 369. The van der Waals surface area contributed by atoms with Crippen molar-refractivity contribution in [2.24, 2.45) is 5.73 Å². The van der Waals surface area contributed by atoms with Crippen LogP contribution in [0.4, 0.5) is 0 Å². The number of carbonyl (C=O) groups is 1. The summed E-state index contributed by atoms with van der Waals surface area (Å²) < 4.78 is 5.43. The average molecular weight is 235 g/mol. The van der Waals surface area contributed by atoms with Gasteiger partial charge in [0.1, 0.15) is 0 Å². The van der Waals surface area contributed by atoms with E-state index in [1.165, 1.54) is 0 Å². The molecule has 17 heavy (non-hydrogen) atoms. The molecule has 2 N–H and O–H groups in total. The third kappa shape index (κ3) is 3.25. The number of ether oxygens (including phenoxy) is 1. The number of nitrogens with two attached hydrogens (primary N) is 1. The molecule has 5 heteroatoms. The highest BCUT2D eigenvalue weighted by molar-refractivity contribution is 5.78. The van der Waals surface area contributed by atoms with Gasteiger partial charge in [-0.2, -0.15) is 0 Å². The van der Waals surface area contributed by atoms with Gasteiger partial charge in [0.2, 0.25) is 5.91 Å². The number of pyridine rings is 1. The van der Waals surface area contributed by atoms with Gasteiger partial charge in [0.05, 0.1) is 19.1 Å². The van der Waals surface area contributed by atoms with E-state index in [1.54, 1.807) is 12.4 Å². The minimum atomic E-state index is -0.0230. The molecule has 1 aliphatic rings. The summed E-state index contributed by atoms with van der Waals surface area (Å²) in [6.07, 6.45) is 3.79. The summed E-state index contributed by atoms with van der Waals surface area (Å²) in [4.78, 5) is 17.8. The summed E-state index contributed by atoms with van der Waals surface area (Å²) >= 11 is 0. The molecule has 1 aromatic heterocycles. The fraction of sp³-hybridized carbons (Fsp3) is 0.500. The molecule has 1 amide bonds. The minimum absolute atomic E-state index is 0.0230. The number of aromatic nitrogens is 1. The lowest BCUT2D eigenvalue weighted by Gasteiger charge is -2.32. The molecule has 1 aliphatic heterocycles. The van der Waals surface area contributed by atoms with Gasteiger partial charge in [-0.3, -0.25) is 9.78 Å². The lowest BCUT2D eigenvalue weighted by atomic mass is 10.1. The molecule has 0 saturated carbocycles. The Morgan fingerprint density at radius 2 is 2.29 bits per heavy atom. The van der Waals surface area contributed by atoms with Crippen molar-refractivity contribution in [2.75, 3.05) is 26.2 Å². The highest BCUT2D eigenvalue weighted by atomic mass is 16.5. The zero-order chi connectivity index (χ0) is 12.1. The van der Waals surface area contributed by atoms with Gasteiger partial charge in [-0.1, -0.05) is 0 Å². The maximum absolute atomic E-state index is 12.0. The molecular weight excluding hydrogens is 218 g/mol. The highest BCUT2D eigenvalue weighted by Crippen LogP contribution is 2.07. The molecule has 92 valence electrons. The van der Waals surface area contributed by atoms with Crippen LogP contribution in [-0.4, -0.2) is 48.1 Å². The van der Waals surface area contributed by atoms with E-state index in [0.717, 1.165) is 5.56 Å². The number of nitrogens with zero attached hydrogens (tertiary/aromatic N) is 2. The van der Waals surface area contributed by atoms with Gasteiger partial charge in [-0.15, -0.1) is 0 Å². The molecule has 2 rings (SSSR count). The molecule has 0 aliphatic carbocycles. The van der Waals surface area contributed by atoms with Gasteiger partial charge >= 0.3 is 0 Å². The van der Waals surface area contributed by atoms with Gasteiger partial charge in [0, 0.05) is 32.0 Å². The van der Waals surface area contributed by atoms with Gasteiger partial charge in [0.25, 0.3) is 0 Å². The zero-order valence-electron chi connectivity index (χ0n) is 9.71. The van der Waals surface area contributed by atoms with E-state index in [1.807, 2.05) is 17.0 Å². The van der Waals surface area contributed by atoms with E-state index in [0.29, 0.717) is 32.7 Å². The molecule has 0 radical (unpaired) electrons. The van der Waals surface area contributed by atoms with Crippen molar-refractivity contribution in [2.45, 2.75) is 12.5 Å². The van der Waals surface area contributed by atoms with Crippen LogP contribution in [0.5, 0.6) is 0 Å². The predicted molar refractivity (Wildman–Crippen MR) is 63.3 cm³/mol. The average Bonchev–Trinajstić information content (AvgIpc) is 2.40. The topological polar surface area (TPSA) is 68.5 Å². The summed E-state index contributed by atoms with van der Waals surface area (Å²) in [7, 11) is 0. The lowest BCUT2D eigenvalue weighted by Crippen LogP contribution is -2.48. The van der Waals surface area contributed by atoms with Crippen LogP contribution in [0.25, 0.3) is 0 Å². The van der Waals surface area contributed by atoms with Crippen LogP contribution in [0.15, 0.2) is 24.5 Å². The maximum Gasteiger partial charge on any atom is 0.227 e. The predicted octanol–water partition coefficient (Wildman–Crippen LogP) is -0.190. The number of morpholine rings is 1. The van der Waals surface area contributed by atoms with Crippen molar-refractivity contribution in [1.82, 2.24) is 9.88 Å². The monoisotopic (exact) mass is 235 g/mol. The number of rotatable bonds is 3. The van der Waals surface area contributed by atoms with E-state index >= 15 is 0 Å². The lowest BCUT2D eigenvalue weighted by molar-refractivity contribution is -0.137. The molecular formula is C12H17N3O2. The fourth-order valence-corrected chi connectivity index (χ4v) is 1.88. The van der Waals surface area contributed by atoms with Crippen LogP contribution >= 0.6 is 0 Å². The fourth-order valence-electron chi connectivity index (χ4n) is 1.88. The third-order valence-corrected chi connectivity index (χ3v) is 2.86. The molecule has 0 spiro atoms. The van der Waals surface area contributed by atoms with Crippen LogP contribution in [0, 0.1) is 0 Å². The van der Waals surface area contributed by atoms with Gasteiger partial charge in [0.15, 0.2) is 0 Å². The largest absolute Gasteiger partial charge is 0.373 e. The SMILES string of the molecule is NCC1CN(C(=O)Cc2ccncc2)CCO1. The molecule has 5 nitrogen and oxygen atoms in total. The quantitative estimate of drug-likeness (QED) is 0.788. The second-order valence-electron chi connectivity index (χ2n) is 4.10. The first kappa shape index (κ1) is 12.0. The van der Waals surface area contributed by atoms with Crippen molar-refractivity contribution in [3.8, 4) is 0 Å². The molecule has 0 bridgehead atoms. The van der Waals surface area contributed by atoms with E-state index < -0.39 is 0 Å². The van der Waals surface area contributed by atoms with Crippen LogP contribution in [0.2, 0.25) is 0 Å². The molecule has 1 fully saturated rings. The first-order valence-electron chi connectivity index (χ1n) is 5.78. The van der Waals surface area contributed by atoms with Crippen molar-refractivity contribution >= 4 is 5.91 Å². The third-order valence-electron chi connectivity index (χ3n) is 2.86. The number of carbonyl (C=O) groups excluding carboxylic acids is 1. The van der Waals surface area contributed by atoms with E-state index in [4.69, 9.17) is 10.5 Å². The second-order valence-corrected chi connectivity index (χ2v) is 4.10. The Balaban J connectivity index is 1.91. The van der Waals surface area contributed by atoms with Crippen LogP contribution in [0.1, 0.15) is 5.56 Å². The van der Waals surface area contributed by atoms with Gasteiger partial charge in [-0.25, -0.2) is 0 Å². The standard InChI is InChI=1S/C12H17N3O2/c13-8-11-9-15(5-6-17-11)12(16)7-10-1-3-14-4-2-10/h1-4,11H,5-9,13H2. The Morgan fingerprint density at radius 3 is 3.00 bits per heavy atom. The van der Waals surface area contributed by atoms with Crippen LogP contribution in [0.3, 0.4) is 0 Å². The molecule has 2 heterocycles. The summed E-state index contributed by atoms with van der Waals surface area (Å²) in [6, 6.07) is 3.72. The second kappa shape index (κ2) is 5.75. The molecule has 1 atom stereocenters. The first-order chi connectivity index (χ1) is 8.29. The van der Waals surface area contributed by atoms with E-state index in [9.17, 15) is 4.79 Å². The van der Waals surface area contributed by atoms with Gasteiger partial charge in [-0.05, 0) is 17.7 Å². The van der Waals surface area contributed by atoms with Crippen LogP contribution < -0.4 is 5.73 Å². The Kier molecular flexibility index (Phi) is 4.06. The first-order valence-corrected chi connectivity index (χ1v) is 5.78. The molecule has 1 unspecified atom stereocenters. The van der Waals surface area contributed by atoms with E-state index in [2.05, 4.69) is 4.98 Å². The van der Waals surface area contributed by atoms with Crippen molar-refractivity contribution in [3.63, 3.8) is 0 Å². The summed E-state index contributed by atoms with van der Waals surface area (Å²) in [6.45, 7) is 2.28. The van der Waals surface area contributed by atoms with Crippen LogP contribution in [-0.2, 0) is 16.0 Å². The number of amides is 1. The Morgan fingerprint density at radius 1 is 1.53 bits per heavy atom. The normalized spacial score (nSPS) is 20.3. The van der Waals surface area contributed by atoms with Gasteiger partial charge < -0.3 is 15.4 Å². The smallest absolute Gasteiger partial charge is 0.227 e. The maximum atomic E-state index is 12.0. The number of hydrogen-bond donors (Lipinski definition) is 1. The van der Waals surface area contributed by atoms with Crippen molar-refractivity contribution in [1.29, 1.82) is 0 Å². The van der Waals surface area contributed by atoms with Crippen molar-refractivity contribution < 1.29 is 9.53 Å². The Hall–Kier alpha value is -1.46. The summed E-state index contributed by atoms with van der Waals surface area (Å²) in [5.74, 6) is 0.123. The summed E-state index contributed by atoms with van der Waals surface area (Å²) in [5.41, 5.74) is 6.53. The Labute approximate surface area is 101 Å². The summed E-state index contributed by atoms with van der Waals surface area (Å²) in [5, 5.41) is 0. The highest BCUT2D eigenvalue weighted by Gasteiger charge is 2.22. The minimum Gasteiger partial charge on any atom is -0.373 e.